The summed E-state index contributed by atoms with van der Waals surface area (Å²) in [7, 11) is 0. The number of allylic oxidation sites excluding steroid dienone is 1. The van der Waals surface area contributed by atoms with Gasteiger partial charge in [0.15, 0.2) is 0 Å². The number of carbonyl (C=O) groups is 3. The zero-order chi connectivity index (χ0) is 48.7. The van der Waals surface area contributed by atoms with E-state index in [0.29, 0.717) is 40.3 Å². The Kier molecular flexibility index (Phi) is 20.5. The number of esters is 2. The van der Waals surface area contributed by atoms with Crippen LogP contribution in [0.5, 0.6) is 23.0 Å². The van der Waals surface area contributed by atoms with E-state index in [9.17, 15) is 29.7 Å². The number of aromatic hydroxyl groups is 4. The van der Waals surface area contributed by atoms with Gasteiger partial charge in [-0.25, -0.2) is 14.6 Å². The fourth-order valence-corrected chi connectivity index (χ4v) is 6.23. The van der Waals surface area contributed by atoms with Gasteiger partial charge in [0.05, 0.1) is 16.8 Å². The van der Waals surface area contributed by atoms with Gasteiger partial charge in [0.1, 0.15) is 42.0 Å². The Labute approximate surface area is 391 Å². The van der Waals surface area contributed by atoms with E-state index < -0.39 is 17.8 Å². The van der Waals surface area contributed by atoms with Crippen LogP contribution >= 0.6 is 0 Å². The molecule has 0 atom stereocenters. The van der Waals surface area contributed by atoms with Crippen LogP contribution in [0.25, 0.3) is 11.5 Å². The Morgan fingerprint density at radius 2 is 1.07 bits per heavy atom. The molecule has 0 aliphatic carbocycles. The Morgan fingerprint density at radius 3 is 1.57 bits per heavy atom. The summed E-state index contributed by atoms with van der Waals surface area (Å²) < 4.78 is 16.0. The zero-order valence-corrected chi connectivity index (χ0v) is 38.3. The number of aromatic nitrogens is 1. The normalized spacial score (nSPS) is 10.1. The number of primary amides is 1. The molecule has 0 radical (unpaired) electrons. The maximum absolute atomic E-state index is 12.0. The van der Waals surface area contributed by atoms with Crippen LogP contribution in [0.1, 0.15) is 97.0 Å². The molecule has 12 heteroatoms. The smallest absolute Gasteiger partial charge is 0.338 e. The van der Waals surface area contributed by atoms with Gasteiger partial charge < -0.3 is 40.1 Å². The first-order valence-electron chi connectivity index (χ1n) is 21.7. The van der Waals surface area contributed by atoms with Gasteiger partial charge in [-0.05, 0) is 140 Å². The van der Waals surface area contributed by atoms with Gasteiger partial charge in [-0.1, -0.05) is 93.4 Å². The molecule has 12 nitrogen and oxygen atoms in total. The fourth-order valence-electron chi connectivity index (χ4n) is 6.23. The van der Waals surface area contributed by atoms with Crippen molar-refractivity contribution < 1.29 is 48.7 Å². The van der Waals surface area contributed by atoms with Crippen molar-refractivity contribution in [1.29, 1.82) is 0 Å². The first-order chi connectivity index (χ1) is 32.2. The maximum Gasteiger partial charge on any atom is 0.338 e. The lowest BCUT2D eigenvalue weighted by Gasteiger charge is -2.07. The predicted molar refractivity (Wildman–Crippen MR) is 259 cm³/mol. The van der Waals surface area contributed by atoms with Gasteiger partial charge in [-0.15, -0.1) is 6.58 Å². The van der Waals surface area contributed by atoms with Crippen molar-refractivity contribution in [3.05, 3.63) is 208 Å². The lowest BCUT2D eigenvalue weighted by Crippen LogP contribution is -2.11. The molecule has 0 spiro atoms. The SMILES string of the molecule is C=CCc1cc(C(=O)OCc2ccccc2)ccc1O.CCCc1cc(-c2nc(C)c(C)o2)ccc1O.CCCc1cc(C(N)=O)ccc1O.O=C(OCc1ccccc1)c1ccc(O)cc1. The summed E-state index contributed by atoms with van der Waals surface area (Å²) in [5, 5.41) is 37.9. The van der Waals surface area contributed by atoms with E-state index in [4.69, 9.17) is 24.7 Å². The molecule has 0 saturated carbocycles. The first-order valence-corrected chi connectivity index (χ1v) is 21.7. The highest BCUT2D eigenvalue weighted by Gasteiger charge is 2.12. The third-order valence-corrected chi connectivity index (χ3v) is 9.97. The fraction of sp³-hybridized carbons (Fsp3) is 0.200. The van der Waals surface area contributed by atoms with Crippen molar-refractivity contribution in [3.63, 3.8) is 0 Å². The average Bonchev–Trinajstić information content (AvgIpc) is 3.68. The van der Waals surface area contributed by atoms with Gasteiger partial charge in [-0.3, -0.25) is 4.79 Å². The van der Waals surface area contributed by atoms with Crippen molar-refractivity contribution in [2.45, 2.75) is 73.0 Å². The van der Waals surface area contributed by atoms with E-state index in [0.717, 1.165) is 65.0 Å². The lowest BCUT2D eigenvalue weighted by molar-refractivity contribution is 0.0464. The summed E-state index contributed by atoms with van der Waals surface area (Å²) in [6.07, 6.45) is 5.72. The molecule has 67 heavy (non-hydrogen) atoms. The molecule has 7 aromatic rings. The highest BCUT2D eigenvalue weighted by molar-refractivity contribution is 5.93. The summed E-state index contributed by atoms with van der Waals surface area (Å²) in [5.74, 6) is 1.06. The van der Waals surface area contributed by atoms with Gasteiger partial charge in [0.25, 0.3) is 0 Å². The third-order valence-electron chi connectivity index (χ3n) is 9.97. The number of hydrogen-bond acceptors (Lipinski definition) is 11. The number of ether oxygens (including phenoxy) is 2. The molecule has 6 N–H and O–H groups in total. The lowest BCUT2D eigenvalue weighted by atomic mass is 10.1. The van der Waals surface area contributed by atoms with Crippen molar-refractivity contribution >= 4 is 17.8 Å². The van der Waals surface area contributed by atoms with Crippen LogP contribution in [0.3, 0.4) is 0 Å². The van der Waals surface area contributed by atoms with Crippen molar-refractivity contribution in [2.75, 3.05) is 0 Å². The van der Waals surface area contributed by atoms with Gasteiger partial charge in [0, 0.05) is 11.1 Å². The Balaban J connectivity index is 0.000000197. The predicted octanol–water partition coefficient (Wildman–Crippen LogP) is 11.3. The number of aryl methyl sites for hydroxylation is 4. The molecular weight excluding hydrogens is 849 g/mol. The molecule has 0 unspecified atom stereocenters. The van der Waals surface area contributed by atoms with Gasteiger partial charge >= 0.3 is 11.9 Å². The van der Waals surface area contributed by atoms with Crippen LogP contribution in [0.2, 0.25) is 0 Å². The molecule has 6 aromatic carbocycles. The third kappa shape index (κ3) is 16.7. The second-order valence-corrected chi connectivity index (χ2v) is 15.2. The molecule has 0 aliphatic rings. The van der Waals surface area contributed by atoms with E-state index in [-0.39, 0.29) is 30.5 Å². The number of nitrogens with two attached hydrogens (primary N) is 1. The van der Waals surface area contributed by atoms with Crippen LogP contribution < -0.4 is 5.73 Å². The Hall–Kier alpha value is -8.12. The number of phenols is 4. The molecule has 348 valence electrons. The minimum absolute atomic E-state index is 0.129. The van der Waals surface area contributed by atoms with Crippen LogP contribution in [-0.4, -0.2) is 43.3 Å². The molecule has 0 fully saturated rings. The molecule has 1 amide bonds. The van der Waals surface area contributed by atoms with Crippen LogP contribution in [0, 0.1) is 13.8 Å². The van der Waals surface area contributed by atoms with Crippen molar-refractivity contribution in [2.24, 2.45) is 5.73 Å². The van der Waals surface area contributed by atoms with E-state index in [1.807, 2.05) is 93.6 Å². The number of nitrogens with zero attached hydrogens (tertiary/aromatic N) is 1. The minimum atomic E-state index is -0.461. The van der Waals surface area contributed by atoms with E-state index in [1.165, 1.54) is 42.5 Å². The summed E-state index contributed by atoms with van der Waals surface area (Å²) in [6, 6.07) is 39.8. The number of hydrogen-bond donors (Lipinski definition) is 5. The second kappa shape index (κ2) is 26.6. The average molecular weight is 907 g/mol. The van der Waals surface area contributed by atoms with Crippen LogP contribution in [0.15, 0.2) is 157 Å². The monoisotopic (exact) mass is 906 g/mol. The first kappa shape index (κ1) is 51.5. The van der Waals surface area contributed by atoms with Crippen molar-refractivity contribution in [1.82, 2.24) is 4.98 Å². The summed E-state index contributed by atoms with van der Waals surface area (Å²) >= 11 is 0. The van der Waals surface area contributed by atoms with E-state index >= 15 is 0 Å². The molecule has 7 rings (SSSR count). The second-order valence-electron chi connectivity index (χ2n) is 15.2. The number of benzene rings is 6. The number of rotatable bonds is 14. The highest BCUT2D eigenvalue weighted by atomic mass is 16.5. The molecular formula is C55H58N2O10. The van der Waals surface area contributed by atoms with Gasteiger partial charge in [0.2, 0.25) is 11.8 Å². The largest absolute Gasteiger partial charge is 0.508 e. The minimum Gasteiger partial charge on any atom is -0.508 e. The topological polar surface area (TPSA) is 203 Å². The Bertz CT molecular complexity index is 2660. The van der Waals surface area contributed by atoms with Crippen LogP contribution in [-0.2, 0) is 41.9 Å². The van der Waals surface area contributed by atoms with E-state index in [1.54, 1.807) is 30.3 Å². The summed E-state index contributed by atoms with van der Waals surface area (Å²) in [4.78, 5) is 38.8. The number of phenolic OH excluding ortho intramolecular Hbond substituents is 4. The van der Waals surface area contributed by atoms with Gasteiger partial charge in [-0.2, -0.15) is 0 Å². The summed E-state index contributed by atoms with van der Waals surface area (Å²) in [6.45, 7) is 12.0. The molecule has 0 bridgehead atoms. The molecule has 0 aliphatic heterocycles. The zero-order valence-electron chi connectivity index (χ0n) is 38.3. The maximum atomic E-state index is 12.0. The van der Waals surface area contributed by atoms with E-state index in [2.05, 4.69) is 18.5 Å². The number of oxazole rings is 1. The number of amides is 1. The molecule has 1 heterocycles. The summed E-state index contributed by atoms with van der Waals surface area (Å²) in [5.41, 5.74) is 12.5. The molecule has 1 aromatic heterocycles. The molecule has 0 saturated heterocycles. The quantitative estimate of drug-likeness (QED) is 0.0513. The van der Waals surface area contributed by atoms with Crippen LogP contribution in [0.4, 0.5) is 0 Å². The highest BCUT2D eigenvalue weighted by Crippen LogP contribution is 2.28. The Morgan fingerprint density at radius 1 is 0.612 bits per heavy atom. The number of carbonyl (C=O) groups excluding carboxylic acids is 3. The standard InChI is InChI=1S/C17H16O3.C14H17NO2.C14H12O3.C10H13NO2/c1-2-6-14-11-15(9-10-16(14)18)17(19)20-12-13-7-4-3-5-8-13;1-4-5-11-8-12(6-7-13(11)16)14-15-9(2)10(3)17-14;15-13-8-6-12(7-9-13)14(16)17-10-11-4-2-1-3-5-11;1-2-3-7-6-8(10(11)13)4-5-9(7)12/h2-5,7-11,18H,1,6,12H2;6-8,16H,4-5H2,1-3H3;1-9,15H,10H2;4-6,12H,2-3H2,1H3,(H2,11,13). The van der Waals surface area contributed by atoms with Crippen molar-refractivity contribution in [3.8, 4) is 34.5 Å².